The molecular weight excluding hydrogens is 314 g/mol. The summed E-state index contributed by atoms with van der Waals surface area (Å²) in [6.45, 7) is 9.70. The van der Waals surface area contributed by atoms with Crippen LogP contribution in [0.5, 0.6) is 0 Å². The predicted octanol–water partition coefficient (Wildman–Crippen LogP) is 3.18. The van der Waals surface area contributed by atoms with Crippen molar-refractivity contribution < 1.29 is 14.3 Å². The third kappa shape index (κ3) is 3.34. The Labute approximate surface area is 138 Å². The van der Waals surface area contributed by atoms with E-state index < -0.39 is 5.97 Å². The van der Waals surface area contributed by atoms with E-state index in [4.69, 9.17) is 4.74 Å². The second-order valence-corrected chi connectivity index (χ2v) is 5.74. The third-order valence-corrected chi connectivity index (χ3v) is 4.12. The standard InChI is InChI=1S/C16H19N3O3S/c1-5-8-19-11(4)12(10(3)13(19)15(21)22-6-2)14(20)18-16-17-7-9-23-16/h5,7,9H,1,6,8H2,2-4H3,(H,17,18,20). The number of hydrogen-bond acceptors (Lipinski definition) is 5. The number of nitrogens with zero attached hydrogens (tertiary/aromatic N) is 2. The molecule has 2 aromatic rings. The van der Waals surface area contributed by atoms with Crippen LogP contribution < -0.4 is 5.32 Å². The molecule has 6 nitrogen and oxygen atoms in total. The number of esters is 1. The smallest absolute Gasteiger partial charge is 0.355 e. The number of amides is 1. The number of aromatic nitrogens is 2. The minimum atomic E-state index is -0.441. The van der Waals surface area contributed by atoms with Gasteiger partial charge in [-0.15, -0.1) is 17.9 Å². The predicted molar refractivity (Wildman–Crippen MR) is 90.1 cm³/mol. The minimum absolute atomic E-state index is 0.275. The van der Waals surface area contributed by atoms with Gasteiger partial charge in [0.05, 0.1) is 12.2 Å². The molecule has 2 aromatic heterocycles. The molecular formula is C16H19N3O3S. The largest absolute Gasteiger partial charge is 0.461 e. The number of allylic oxidation sites excluding steroid dienone is 1. The molecule has 0 saturated heterocycles. The summed E-state index contributed by atoms with van der Waals surface area (Å²) in [5.41, 5.74) is 2.13. The topological polar surface area (TPSA) is 73.2 Å². The van der Waals surface area contributed by atoms with Gasteiger partial charge in [0, 0.05) is 23.8 Å². The van der Waals surface area contributed by atoms with E-state index in [0.29, 0.717) is 34.2 Å². The molecule has 1 N–H and O–H groups in total. The molecule has 2 heterocycles. The Bertz CT molecular complexity index is 732. The number of carbonyl (C=O) groups excluding carboxylic acids is 2. The van der Waals surface area contributed by atoms with Crippen LogP contribution in [-0.4, -0.2) is 28.0 Å². The number of ether oxygens (including phenoxy) is 1. The van der Waals surface area contributed by atoms with E-state index in [0.717, 1.165) is 0 Å². The van der Waals surface area contributed by atoms with Crippen LogP contribution in [0.2, 0.25) is 0 Å². The number of anilines is 1. The van der Waals surface area contributed by atoms with E-state index in [-0.39, 0.29) is 12.5 Å². The van der Waals surface area contributed by atoms with Crippen molar-refractivity contribution in [3.63, 3.8) is 0 Å². The SMILES string of the molecule is C=CCn1c(C)c(C(=O)Nc2nccs2)c(C)c1C(=O)OCC. The monoisotopic (exact) mass is 333 g/mol. The van der Waals surface area contributed by atoms with E-state index in [2.05, 4.69) is 16.9 Å². The fourth-order valence-corrected chi connectivity index (χ4v) is 3.02. The van der Waals surface area contributed by atoms with Crippen molar-refractivity contribution in [3.05, 3.63) is 46.7 Å². The fraction of sp³-hybridized carbons (Fsp3) is 0.312. The van der Waals surface area contributed by atoms with Gasteiger partial charge in [0.2, 0.25) is 0 Å². The lowest BCUT2D eigenvalue weighted by molar-refractivity contribution is 0.0513. The van der Waals surface area contributed by atoms with Gasteiger partial charge in [-0.2, -0.15) is 0 Å². The lowest BCUT2D eigenvalue weighted by atomic mass is 10.1. The second kappa shape index (κ2) is 7.23. The molecule has 0 aliphatic heterocycles. The first-order chi connectivity index (χ1) is 11.0. The molecule has 0 bridgehead atoms. The molecule has 0 radical (unpaired) electrons. The number of rotatable bonds is 6. The van der Waals surface area contributed by atoms with Crippen LogP contribution in [-0.2, 0) is 11.3 Å². The van der Waals surface area contributed by atoms with Gasteiger partial charge in [0.1, 0.15) is 5.69 Å². The first kappa shape index (κ1) is 17.0. The highest BCUT2D eigenvalue weighted by molar-refractivity contribution is 7.13. The van der Waals surface area contributed by atoms with Gasteiger partial charge in [-0.05, 0) is 26.3 Å². The van der Waals surface area contributed by atoms with Crippen LogP contribution in [0.25, 0.3) is 0 Å². The summed E-state index contributed by atoms with van der Waals surface area (Å²) in [6, 6.07) is 0. The minimum Gasteiger partial charge on any atom is -0.461 e. The Morgan fingerprint density at radius 1 is 1.48 bits per heavy atom. The van der Waals surface area contributed by atoms with E-state index in [1.165, 1.54) is 11.3 Å². The molecule has 0 fully saturated rings. The number of thiazole rings is 1. The molecule has 0 aliphatic carbocycles. The molecule has 1 amide bonds. The van der Waals surface area contributed by atoms with Crippen molar-refractivity contribution in [1.82, 2.24) is 9.55 Å². The Morgan fingerprint density at radius 3 is 2.78 bits per heavy atom. The molecule has 0 atom stereocenters. The van der Waals surface area contributed by atoms with Gasteiger partial charge < -0.3 is 9.30 Å². The summed E-state index contributed by atoms with van der Waals surface area (Å²) in [5, 5.41) is 5.05. The highest BCUT2D eigenvalue weighted by Crippen LogP contribution is 2.25. The van der Waals surface area contributed by atoms with E-state index in [1.807, 2.05) is 0 Å². The van der Waals surface area contributed by atoms with Crippen molar-refractivity contribution in [2.45, 2.75) is 27.3 Å². The van der Waals surface area contributed by atoms with Gasteiger partial charge in [0.15, 0.2) is 5.13 Å². The Balaban J connectivity index is 2.47. The number of hydrogen-bond donors (Lipinski definition) is 1. The van der Waals surface area contributed by atoms with Gasteiger partial charge in [-0.25, -0.2) is 9.78 Å². The lowest BCUT2D eigenvalue weighted by Crippen LogP contribution is -2.14. The molecule has 7 heteroatoms. The highest BCUT2D eigenvalue weighted by atomic mass is 32.1. The maximum atomic E-state index is 12.6. The van der Waals surface area contributed by atoms with Gasteiger partial charge in [0.25, 0.3) is 5.91 Å². The van der Waals surface area contributed by atoms with E-state index in [9.17, 15) is 9.59 Å². The van der Waals surface area contributed by atoms with Crippen LogP contribution in [0.4, 0.5) is 5.13 Å². The van der Waals surface area contributed by atoms with Crippen molar-refractivity contribution in [2.75, 3.05) is 11.9 Å². The van der Waals surface area contributed by atoms with Crippen molar-refractivity contribution >= 4 is 28.3 Å². The average Bonchev–Trinajstić information content (AvgIpc) is 3.07. The zero-order valence-electron chi connectivity index (χ0n) is 13.4. The van der Waals surface area contributed by atoms with Crippen LogP contribution in [0, 0.1) is 13.8 Å². The average molecular weight is 333 g/mol. The molecule has 0 spiro atoms. The summed E-state index contributed by atoms with van der Waals surface area (Å²) >= 11 is 1.34. The summed E-state index contributed by atoms with van der Waals surface area (Å²) < 4.78 is 6.86. The number of carbonyl (C=O) groups is 2. The van der Waals surface area contributed by atoms with E-state index >= 15 is 0 Å². The third-order valence-electron chi connectivity index (χ3n) is 3.43. The highest BCUT2D eigenvalue weighted by Gasteiger charge is 2.27. The molecule has 0 unspecified atom stereocenters. The Hall–Kier alpha value is -2.41. The zero-order valence-corrected chi connectivity index (χ0v) is 14.2. The lowest BCUT2D eigenvalue weighted by Gasteiger charge is -2.08. The van der Waals surface area contributed by atoms with Crippen LogP contribution in [0.1, 0.15) is 39.0 Å². The summed E-state index contributed by atoms with van der Waals surface area (Å²) in [7, 11) is 0. The zero-order chi connectivity index (χ0) is 17.0. The van der Waals surface area contributed by atoms with Crippen LogP contribution in [0.15, 0.2) is 24.2 Å². The Morgan fingerprint density at radius 2 is 2.22 bits per heavy atom. The van der Waals surface area contributed by atoms with Crippen molar-refractivity contribution in [1.29, 1.82) is 0 Å². The van der Waals surface area contributed by atoms with Crippen molar-refractivity contribution in [2.24, 2.45) is 0 Å². The maximum absolute atomic E-state index is 12.6. The first-order valence-corrected chi connectivity index (χ1v) is 8.07. The summed E-state index contributed by atoms with van der Waals surface area (Å²) in [6.07, 6.45) is 3.30. The molecule has 2 rings (SSSR count). The molecule has 0 aromatic carbocycles. The second-order valence-electron chi connectivity index (χ2n) is 4.85. The summed E-state index contributed by atoms with van der Waals surface area (Å²) in [5.74, 6) is -0.730. The fourth-order valence-electron chi connectivity index (χ4n) is 2.49. The van der Waals surface area contributed by atoms with Gasteiger partial charge >= 0.3 is 5.97 Å². The maximum Gasteiger partial charge on any atom is 0.355 e. The van der Waals surface area contributed by atoms with Crippen LogP contribution in [0.3, 0.4) is 0 Å². The summed E-state index contributed by atoms with van der Waals surface area (Å²) in [4.78, 5) is 28.9. The molecule has 0 aliphatic rings. The van der Waals surface area contributed by atoms with E-state index in [1.54, 1.807) is 43.0 Å². The quantitative estimate of drug-likeness (QED) is 0.651. The molecule has 0 saturated carbocycles. The van der Waals surface area contributed by atoms with Gasteiger partial charge in [-0.1, -0.05) is 6.08 Å². The molecule has 23 heavy (non-hydrogen) atoms. The van der Waals surface area contributed by atoms with Crippen molar-refractivity contribution in [3.8, 4) is 0 Å². The molecule has 122 valence electrons. The van der Waals surface area contributed by atoms with Gasteiger partial charge in [-0.3, -0.25) is 10.1 Å². The number of nitrogens with one attached hydrogen (secondary N) is 1. The normalized spacial score (nSPS) is 10.4. The first-order valence-electron chi connectivity index (χ1n) is 7.19. The van der Waals surface area contributed by atoms with Crippen LogP contribution >= 0.6 is 11.3 Å². The Kier molecular flexibility index (Phi) is 5.33.